The van der Waals surface area contributed by atoms with Crippen LogP contribution in [0.15, 0.2) is 83.5 Å². The van der Waals surface area contributed by atoms with Crippen molar-refractivity contribution in [3.05, 3.63) is 79.1 Å². The molecule has 28 heavy (non-hydrogen) atoms. The molecule has 0 bridgehead atoms. The zero-order chi connectivity index (χ0) is 18.2. The van der Waals surface area contributed by atoms with Crippen LogP contribution in [0.5, 0.6) is 0 Å². The lowest BCUT2D eigenvalue weighted by Gasteiger charge is -2.09. The number of nitrogens with zero attached hydrogens (tertiary/aromatic N) is 3. The number of pyridine rings is 2. The molecule has 0 unspecified atom stereocenters. The summed E-state index contributed by atoms with van der Waals surface area (Å²) in [5.74, 6) is 0. The van der Waals surface area contributed by atoms with Crippen LogP contribution in [0.1, 0.15) is 0 Å². The van der Waals surface area contributed by atoms with Crippen molar-refractivity contribution in [1.82, 2.24) is 14.4 Å². The zero-order valence-corrected chi connectivity index (χ0v) is 14.8. The third-order valence-electron chi connectivity index (χ3n) is 5.66. The molecule has 0 N–H and O–H groups in total. The number of hydrogen-bond donors (Lipinski definition) is 0. The summed E-state index contributed by atoms with van der Waals surface area (Å²) in [6.07, 6.45) is 3.75. The van der Waals surface area contributed by atoms with E-state index in [1.807, 2.05) is 42.7 Å². The van der Waals surface area contributed by atoms with Crippen molar-refractivity contribution in [3.63, 3.8) is 0 Å². The van der Waals surface area contributed by atoms with Crippen LogP contribution < -0.4 is 0 Å². The zero-order valence-electron chi connectivity index (χ0n) is 14.8. The van der Waals surface area contributed by atoms with Gasteiger partial charge < -0.3 is 4.42 Å². The highest BCUT2D eigenvalue weighted by molar-refractivity contribution is 6.22. The van der Waals surface area contributed by atoms with Gasteiger partial charge in [0.25, 0.3) is 0 Å². The molecule has 4 aromatic heterocycles. The Balaban J connectivity index is 1.91. The maximum Gasteiger partial charge on any atom is 0.160 e. The maximum absolute atomic E-state index is 6.37. The first-order valence-electron chi connectivity index (χ1n) is 9.27. The second-order valence-corrected chi connectivity index (χ2v) is 7.12. The molecule has 130 valence electrons. The van der Waals surface area contributed by atoms with Gasteiger partial charge in [0.1, 0.15) is 11.2 Å². The Kier molecular flexibility index (Phi) is 2.46. The average molecular weight is 359 g/mol. The van der Waals surface area contributed by atoms with E-state index in [2.05, 4.69) is 45.8 Å². The number of rotatable bonds is 0. The van der Waals surface area contributed by atoms with Crippen molar-refractivity contribution in [2.24, 2.45) is 0 Å². The van der Waals surface area contributed by atoms with Gasteiger partial charge in [-0.3, -0.25) is 9.38 Å². The van der Waals surface area contributed by atoms with Crippen LogP contribution in [0, 0.1) is 0 Å². The van der Waals surface area contributed by atoms with Gasteiger partial charge in [-0.05, 0) is 30.3 Å². The largest absolute Gasteiger partial charge is 0.454 e. The highest BCUT2D eigenvalue weighted by Crippen LogP contribution is 2.38. The third kappa shape index (κ3) is 1.61. The minimum atomic E-state index is 0.887. The molecule has 0 saturated carbocycles. The minimum Gasteiger partial charge on any atom is -0.454 e. The van der Waals surface area contributed by atoms with Gasteiger partial charge in [0.2, 0.25) is 0 Å². The van der Waals surface area contributed by atoms with Crippen LogP contribution in [-0.4, -0.2) is 14.4 Å². The molecular formula is C24H13N3O. The van der Waals surface area contributed by atoms with Gasteiger partial charge >= 0.3 is 0 Å². The van der Waals surface area contributed by atoms with Crippen molar-refractivity contribution in [2.45, 2.75) is 0 Å². The molecule has 0 saturated heterocycles. The maximum atomic E-state index is 6.37. The number of furan rings is 1. The first kappa shape index (κ1) is 14.2. The molecule has 0 fully saturated rings. The number of fused-ring (bicyclic) bond motifs is 12. The molecule has 7 rings (SSSR count). The number of benzene rings is 3. The van der Waals surface area contributed by atoms with Gasteiger partial charge in [-0.1, -0.05) is 36.4 Å². The van der Waals surface area contributed by atoms with E-state index >= 15 is 0 Å². The lowest BCUT2D eigenvalue weighted by molar-refractivity contribution is 0.671. The van der Waals surface area contributed by atoms with Gasteiger partial charge in [0.05, 0.1) is 16.6 Å². The quantitative estimate of drug-likeness (QED) is 0.308. The number of para-hydroxylation sites is 3. The normalized spacial score (nSPS) is 12.3. The second kappa shape index (κ2) is 4.87. The van der Waals surface area contributed by atoms with Crippen LogP contribution >= 0.6 is 0 Å². The molecule has 0 spiro atoms. The van der Waals surface area contributed by atoms with E-state index in [-0.39, 0.29) is 0 Å². The van der Waals surface area contributed by atoms with Crippen molar-refractivity contribution in [1.29, 1.82) is 0 Å². The average Bonchev–Trinajstić information content (AvgIpc) is 3.32. The van der Waals surface area contributed by atoms with Crippen LogP contribution in [-0.2, 0) is 0 Å². The number of imidazole rings is 1. The summed E-state index contributed by atoms with van der Waals surface area (Å²) in [4.78, 5) is 9.33. The standard InChI is InChI=1S/C24H13N3O/c1-4-8-21-14(5-1)16-10-9-15-18-13-25-12-11-17(18)24-26-19-6-2-3-7-20(19)27(24)22(15)23(16)28-21/h1-13H. The molecule has 4 heteroatoms. The summed E-state index contributed by atoms with van der Waals surface area (Å²) in [6.45, 7) is 0. The molecule has 0 atom stereocenters. The van der Waals surface area contributed by atoms with Crippen LogP contribution in [0.2, 0.25) is 0 Å². The van der Waals surface area contributed by atoms with Gasteiger partial charge in [-0.2, -0.15) is 0 Å². The fourth-order valence-electron chi connectivity index (χ4n) is 4.45. The van der Waals surface area contributed by atoms with E-state index in [4.69, 9.17) is 9.40 Å². The fraction of sp³-hybridized carbons (Fsp3) is 0. The van der Waals surface area contributed by atoms with E-state index in [0.717, 1.165) is 60.3 Å². The number of aromatic nitrogens is 3. The first-order chi connectivity index (χ1) is 13.9. The SMILES string of the molecule is c1ccc2c(c1)nc1c3ccncc3c3ccc4c5ccccc5oc4c3n21. The second-order valence-electron chi connectivity index (χ2n) is 7.12. The molecule has 7 aromatic rings. The van der Waals surface area contributed by atoms with E-state index in [0.29, 0.717) is 0 Å². The van der Waals surface area contributed by atoms with E-state index in [9.17, 15) is 0 Å². The van der Waals surface area contributed by atoms with Gasteiger partial charge in [0, 0.05) is 39.3 Å². The summed E-state index contributed by atoms with van der Waals surface area (Å²) < 4.78 is 8.61. The lowest BCUT2D eigenvalue weighted by atomic mass is 10.0. The van der Waals surface area contributed by atoms with Crippen molar-refractivity contribution < 1.29 is 4.42 Å². The third-order valence-corrected chi connectivity index (χ3v) is 5.66. The van der Waals surface area contributed by atoms with Gasteiger partial charge in [-0.25, -0.2) is 4.98 Å². The summed E-state index contributed by atoms with van der Waals surface area (Å²) >= 11 is 0. The van der Waals surface area contributed by atoms with Gasteiger partial charge in [0.15, 0.2) is 5.58 Å². The van der Waals surface area contributed by atoms with E-state index in [1.54, 1.807) is 0 Å². The number of hydrogen-bond acceptors (Lipinski definition) is 3. The molecule has 0 aliphatic rings. The monoisotopic (exact) mass is 359 g/mol. The predicted octanol–water partition coefficient (Wildman–Crippen LogP) is 6.09. The smallest absolute Gasteiger partial charge is 0.160 e. The molecule has 3 aromatic carbocycles. The van der Waals surface area contributed by atoms with Gasteiger partial charge in [-0.15, -0.1) is 0 Å². The highest BCUT2D eigenvalue weighted by Gasteiger charge is 2.18. The molecular weight excluding hydrogens is 346 g/mol. The molecule has 4 heterocycles. The topological polar surface area (TPSA) is 43.3 Å². The predicted molar refractivity (Wildman–Crippen MR) is 113 cm³/mol. The van der Waals surface area contributed by atoms with Crippen LogP contribution in [0.4, 0.5) is 0 Å². The highest BCUT2D eigenvalue weighted by atomic mass is 16.3. The van der Waals surface area contributed by atoms with Crippen LogP contribution in [0.25, 0.3) is 60.3 Å². The Morgan fingerprint density at radius 3 is 2.57 bits per heavy atom. The molecule has 0 aliphatic heterocycles. The molecule has 0 radical (unpaired) electrons. The Bertz CT molecular complexity index is 1720. The fourth-order valence-corrected chi connectivity index (χ4v) is 4.45. The van der Waals surface area contributed by atoms with E-state index in [1.165, 1.54) is 0 Å². The van der Waals surface area contributed by atoms with Crippen LogP contribution in [0.3, 0.4) is 0 Å². The first-order valence-corrected chi connectivity index (χ1v) is 9.27. The Hall–Kier alpha value is -3.92. The summed E-state index contributed by atoms with van der Waals surface area (Å²) in [5.41, 5.74) is 5.80. The Morgan fingerprint density at radius 2 is 1.57 bits per heavy atom. The van der Waals surface area contributed by atoms with E-state index < -0.39 is 0 Å². The van der Waals surface area contributed by atoms with Crippen molar-refractivity contribution in [2.75, 3.05) is 0 Å². The molecule has 0 amide bonds. The van der Waals surface area contributed by atoms with Crippen molar-refractivity contribution >= 4 is 60.3 Å². The lowest BCUT2D eigenvalue weighted by Crippen LogP contribution is -1.92. The minimum absolute atomic E-state index is 0.887. The Labute approximate surface area is 158 Å². The molecule has 4 nitrogen and oxygen atoms in total. The summed E-state index contributed by atoms with van der Waals surface area (Å²) in [5, 5.41) is 5.54. The summed E-state index contributed by atoms with van der Waals surface area (Å²) in [6, 6.07) is 22.8. The van der Waals surface area contributed by atoms with Crippen molar-refractivity contribution in [3.8, 4) is 0 Å². The summed E-state index contributed by atoms with van der Waals surface area (Å²) in [7, 11) is 0. The molecule has 0 aliphatic carbocycles. The Morgan fingerprint density at radius 1 is 0.714 bits per heavy atom.